The summed E-state index contributed by atoms with van der Waals surface area (Å²) in [7, 11) is 1.70. The van der Waals surface area contributed by atoms with Crippen LogP contribution in [0, 0.1) is 0 Å². The van der Waals surface area contributed by atoms with E-state index in [0.29, 0.717) is 18.7 Å². The van der Waals surface area contributed by atoms with Crippen LogP contribution in [-0.2, 0) is 11.3 Å². The summed E-state index contributed by atoms with van der Waals surface area (Å²) in [6.07, 6.45) is 15.3. The molecule has 3 nitrogen and oxygen atoms in total. The number of aromatic nitrogens is 1. The molecule has 2 saturated carbocycles. The lowest BCUT2D eigenvalue weighted by Crippen LogP contribution is -2.45. The van der Waals surface area contributed by atoms with E-state index in [1.807, 2.05) is 6.20 Å². The van der Waals surface area contributed by atoms with Crippen LogP contribution in [0.2, 0.25) is 5.02 Å². The molecule has 1 aromatic rings. The summed E-state index contributed by atoms with van der Waals surface area (Å²) < 4.78 is 5.27. The van der Waals surface area contributed by atoms with Gasteiger partial charge in [0.1, 0.15) is 0 Å². The van der Waals surface area contributed by atoms with Gasteiger partial charge in [-0.3, -0.25) is 4.98 Å². The van der Waals surface area contributed by atoms with Crippen molar-refractivity contribution in [1.29, 1.82) is 0 Å². The number of methoxy groups -OCH3 is 1. The van der Waals surface area contributed by atoms with Gasteiger partial charge >= 0.3 is 0 Å². The lowest BCUT2D eigenvalue weighted by Gasteiger charge is -2.44. The van der Waals surface area contributed by atoms with Crippen molar-refractivity contribution in [2.75, 3.05) is 12.0 Å². The van der Waals surface area contributed by atoms with Crippen molar-refractivity contribution in [3.8, 4) is 0 Å². The minimum Gasteiger partial charge on any atom is -0.378 e. The molecule has 0 aliphatic heterocycles. The average Bonchev–Trinajstić information content (AvgIpc) is 2.60. The predicted molar refractivity (Wildman–Crippen MR) is 96.2 cm³/mol. The van der Waals surface area contributed by atoms with Gasteiger partial charge in [0.25, 0.3) is 0 Å². The Bertz CT molecular complexity index is 478. The number of hydrogen-bond acceptors (Lipinski definition) is 3. The number of hydrogen-bond donors (Lipinski definition) is 0. The van der Waals surface area contributed by atoms with Crippen LogP contribution >= 0.6 is 11.6 Å². The molecule has 0 amide bonds. The highest BCUT2D eigenvalue weighted by molar-refractivity contribution is 6.33. The molecule has 0 unspecified atom stereocenters. The minimum atomic E-state index is 0.482. The van der Waals surface area contributed by atoms with E-state index in [1.165, 1.54) is 69.9 Å². The fraction of sp³-hybridized carbons (Fsp3) is 0.737. The highest BCUT2D eigenvalue weighted by Crippen LogP contribution is 2.38. The fourth-order valence-electron chi connectivity index (χ4n) is 4.32. The summed E-state index contributed by atoms with van der Waals surface area (Å²) in [5, 5.41) is 0.797. The Labute approximate surface area is 145 Å². The largest absolute Gasteiger partial charge is 0.378 e. The number of nitrogens with zero attached hydrogens (tertiary/aromatic N) is 2. The van der Waals surface area contributed by atoms with E-state index in [4.69, 9.17) is 16.3 Å². The van der Waals surface area contributed by atoms with Gasteiger partial charge in [0.15, 0.2) is 0 Å². The number of pyridine rings is 1. The van der Waals surface area contributed by atoms with Crippen LogP contribution in [0.3, 0.4) is 0 Å². The SMILES string of the molecule is COCc1nccc(N(C2CCCCC2)C2CCCCC2)c1Cl. The molecule has 3 rings (SSSR count). The first kappa shape index (κ1) is 17.0. The third-order valence-electron chi connectivity index (χ3n) is 5.44. The second-order valence-corrected chi connectivity index (χ2v) is 7.39. The quantitative estimate of drug-likeness (QED) is 0.724. The summed E-state index contributed by atoms with van der Waals surface area (Å²) in [4.78, 5) is 7.09. The van der Waals surface area contributed by atoms with Crippen LogP contribution in [0.5, 0.6) is 0 Å². The normalized spacial score (nSPS) is 20.6. The summed E-state index contributed by atoms with van der Waals surface area (Å²) in [5.41, 5.74) is 2.05. The summed E-state index contributed by atoms with van der Waals surface area (Å²) in [6, 6.07) is 3.40. The third-order valence-corrected chi connectivity index (χ3v) is 5.85. The summed E-state index contributed by atoms with van der Waals surface area (Å²) >= 11 is 6.74. The zero-order valence-electron chi connectivity index (χ0n) is 14.3. The van der Waals surface area contributed by atoms with Crippen molar-refractivity contribution in [2.24, 2.45) is 0 Å². The van der Waals surface area contributed by atoms with Gasteiger partial charge in [-0.2, -0.15) is 0 Å². The highest BCUT2D eigenvalue weighted by Gasteiger charge is 2.30. The maximum absolute atomic E-state index is 6.74. The molecule has 0 aromatic carbocycles. The molecule has 4 heteroatoms. The maximum Gasteiger partial charge on any atom is 0.0900 e. The number of halogens is 1. The first-order chi connectivity index (χ1) is 11.3. The number of ether oxygens (including phenoxy) is 1. The van der Waals surface area contributed by atoms with E-state index in [2.05, 4.69) is 16.0 Å². The van der Waals surface area contributed by atoms with Gasteiger partial charge in [0.2, 0.25) is 0 Å². The van der Waals surface area contributed by atoms with Crippen LogP contribution < -0.4 is 4.90 Å². The highest BCUT2D eigenvalue weighted by atomic mass is 35.5. The van der Waals surface area contributed by atoms with Crippen molar-refractivity contribution < 1.29 is 4.74 Å². The second-order valence-electron chi connectivity index (χ2n) is 7.01. The van der Waals surface area contributed by atoms with Crippen molar-refractivity contribution in [3.63, 3.8) is 0 Å². The van der Waals surface area contributed by atoms with Crippen LogP contribution in [0.25, 0.3) is 0 Å². The summed E-state index contributed by atoms with van der Waals surface area (Å²) in [6.45, 7) is 0.482. The van der Waals surface area contributed by atoms with Crippen molar-refractivity contribution in [3.05, 3.63) is 23.0 Å². The lowest BCUT2D eigenvalue weighted by molar-refractivity contribution is 0.181. The number of rotatable bonds is 5. The Morgan fingerprint density at radius 1 is 1.04 bits per heavy atom. The first-order valence-corrected chi connectivity index (χ1v) is 9.59. The molecule has 2 aliphatic rings. The van der Waals surface area contributed by atoms with Crippen LogP contribution in [-0.4, -0.2) is 24.2 Å². The number of anilines is 1. The molecule has 128 valence electrons. The molecule has 0 atom stereocenters. The second kappa shape index (κ2) is 8.34. The fourth-order valence-corrected chi connectivity index (χ4v) is 4.59. The van der Waals surface area contributed by atoms with E-state index in [-0.39, 0.29) is 0 Å². The zero-order valence-corrected chi connectivity index (χ0v) is 15.0. The Kier molecular flexibility index (Phi) is 6.18. The standard InChI is InChI=1S/C19H29ClN2O/c1-23-14-17-19(20)18(12-13-21-17)22(15-8-4-2-5-9-15)16-10-6-3-7-11-16/h12-13,15-16H,2-11,14H2,1H3. The molecule has 1 aromatic heterocycles. The van der Waals surface area contributed by atoms with Crippen LogP contribution in [0.1, 0.15) is 69.9 Å². The molecule has 0 saturated heterocycles. The van der Waals surface area contributed by atoms with E-state index in [0.717, 1.165) is 10.7 Å². The lowest BCUT2D eigenvalue weighted by atomic mass is 9.88. The Morgan fingerprint density at radius 2 is 1.61 bits per heavy atom. The first-order valence-electron chi connectivity index (χ1n) is 9.22. The van der Waals surface area contributed by atoms with Gasteiger partial charge in [-0.05, 0) is 31.7 Å². The smallest absolute Gasteiger partial charge is 0.0900 e. The van der Waals surface area contributed by atoms with Crippen molar-refractivity contribution in [1.82, 2.24) is 4.98 Å². The van der Waals surface area contributed by atoms with Gasteiger partial charge < -0.3 is 9.64 Å². The average molecular weight is 337 g/mol. The molecule has 0 radical (unpaired) electrons. The van der Waals surface area contributed by atoms with Gasteiger partial charge in [-0.1, -0.05) is 50.1 Å². The molecule has 1 heterocycles. The molecule has 2 aliphatic carbocycles. The van der Waals surface area contributed by atoms with Gasteiger partial charge in [-0.25, -0.2) is 0 Å². The monoisotopic (exact) mass is 336 g/mol. The van der Waals surface area contributed by atoms with Crippen molar-refractivity contribution >= 4 is 17.3 Å². The molecule has 2 fully saturated rings. The minimum absolute atomic E-state index is 0.482. The van der Waals surface area contributed by atoms with Crippen LogP contribution in [0.15, 0.2) is 12.3 Å². The molecular weight excluding hydrogens is 308 g/mol. The zero-order chi connectivity index (χ0) is 16.1. The Balaban J connectivity index is 1.91. The van der Waals surface area contributed by atoms with Gasteiger partial charge in [-0.15, -0.1) is 0 Å². The maximum atomic E-state index is 6.74. The van der Waals surface area contributed by atoms with Crippen LogP contribution in [0.4, 0.5) is 5.69 Å². The van der Waals surface area contributed by atoms with E-state index >= 15 is 0 Å². The third kappa shape index (κ3) is 4.00. The Morgan fingerprint density at radius 3 is 2.13 bits per heavy atom. The van der Waals surface area contributed by atoms with Crippen molar-refractivity contribution in [2.45, 2.75) is 82.9 Å². The predicted octanol–water partition coefficient (Wildman–Crippen LogP) is 5.35. The summed E-state index contributed by atoms with van der Waals surface area (Å²) in [5.74, 6) is 0. The van der Waals surface area contributed by atoms with Gasteiger partial charge in [0.05, 0.1) is 23.0 Å². The van der Waals surface area contributed by atoms with E-state index in [9.17, 15) is 0 Å². The van der Waals surface area contributed by atoms with Gasteiger partial charge in [0, 0.05) is 25.4 Å². The molecule has 0 N–H and O–H groups in total. The molecule has 23 heavy (non-hydrogen) atoms. The van der Waals surface area contributed by atoms with E-state index < -0.39 is 0 Å². The molecule has 0 spiro atoms. The molecular formula is C19H29ClN2O. The Hall–Kier alpha value is -0.800. The van der Waals surface area contributed by atoms with E-state index in [1.54, 1.807) is 7.11 Å². The topological polar surface area (TPSA) is 25.4 Å². The molecule has 0 bridgehead atoms.